The fourth-order valence-electron chi connectivity index (χ4n) is 2.65. The molecule has 0 radical (unpaired) electrons. The molecule has 1 N–H and O–H groups in total. The molecule has 146 valence electrons. The molecule has 0 aliphatic carbocycles. The van der Waals surface area contributed by atoms with Crippen LogP contribution in [0.5, 0.6) is 17.2 Å². The van der Waals surface area contributed by atoms with E-state index in [1.807, 2.05) is 24.3 Å². The van der Waals surface area contributed by atoms with Crippen molar-refractivity contribution in [1.29, 1.82) is 0 Å². The molecular weight excluding hydrogens is 344 g/mol. The van der Waals surface area contributed by atoms with Crippen molar-refractivity contribution in [2.45, 2.75) is 13.8 Å². The van der Waals surface area contributed by atoms with E-state index in [1.54, 1.807) is 32.4 Å². The highest BCUT2D eigenvalue weighted by Gasteiger charge is 2.13. The Balaban J connectivity index is 2.10. The summed E-state index contributed by atoms with van der Waals surface area (Å²) in [6.45, 7) is 7.61. The van der Waals surface area contributed by atoms with Crippen LogP contribution in [0.4, 0.5) is 5.69 Å². The molecule has 27 heavy (non-hydrogen) atoms. The van der Waals surface area contributed by atoms with Gasteiger partial charge in [-0.15, -0.1) is 0 Å². The highest BCUT2D eigenvalue weighted by atomic mass is 16.5. The Morgan fingerprint density at radius 1 is 1.00 bits per heavy atom. The van der Waals surface area contributed by atoms with E-state index in [0.29, 0.717) is 35.1 Å². The van der Waals surface area contributed by atoms with E-state index >= 15 is 0 Å². The van der Waals surface area contributed by atoms with Crippen molar-refractivity contribution in [2.24, 2.45) is 0 Å². The summed E-state index contributed by atoms with van der Waals surface area (Å²) >= 11 is 0. The SMILES string of the molecule is CCN(CC)CCOc1ccccc1NC(=O)c1cc(OC)cc(OC)c1. The first-order valence-corrected chi connectivity index (χ1v) is 9.09. The summed E-state index contributed by atoms with van der Waals surface area (Å²) in [6.07, 6.45) is 0. The van der Waals surface area contributed by atoms with Gasteiger partial charge in [-0.3, -0.25) is 4.79 Å². The zero-order chi connectivity index (χ0) is 19.6. The van der Waals surface area contributed by atoms with Gasteiger partial charge in [-0.1, -0.05) is 26.0 Å². The molecule has 0 aliphatic heterocycles. The zero-order valence-corrected chi connectivity index (χ0v) is 16.5. The van der Waals surface area contributed by atoms with Crippen molar-refractivity contribution in [3.8, 4) is 17.2 Å². The van der Waals surface area contributed by atoms with Crippen LogP contribution < -0.4 is 19.5 Å². The molecule has 0 fully saturated rings. The number of ether oxygens (including phenoxy) is 3. The first-order chi connectivity index (χ1) is 13.1. The maximum Gasteiger partial charge on any atom is 0.256 e. The molecule has 6 nitrogen and oxygen atoms in total. The minimum atomic E-state index is -0.257. The van der Waals surface area contributed by atoms with Crippen LogP contribution in [-0.4, -0.2) is 51.3 Å². The van der Waals surface area contributed by atoms with Gasteiger partial charge in [-0.25, -0.2) is 0 Å². The van der Waals surface area contributed by atoms with Gasteiger partial charge in [-0.05, 0) is 37.4 Å². The molecule has 0 saturated heterocycles. The molecule has 0 bridgehead atoms. The molecule has 0 unspecified atom stereocenters. The zero-order valence-electron chi connectivity index (χ0n) is 16.5. The van der Waals surface area contributed by atoms with Crippen molar-refractivity contribution in [3.05, 3.63) is 48.0 Å². The van der Waals surface area contributed by atoms with Gasteiger partial charge < -0.3 is 24.4 Å². The fourth-order valence-corrected chi connectivity index (χ4v) is 2.65. The Hall–Kier alpha value is -2.73. The summed E-state index contributed by atoms with van der Waals surface area (Å²) < 4.78 is 16.3. The van der Waals surface area contributed by atoms with Crippen LogP contribution in [0.25, 0.3) is 0 Å². The molecule has 0 aliphatic rings. The molecule has 2 rings (SSSR count). The number of hydrogen-bond acceptors (Lipinski definition) is 5. The second-order valence-corrected chi connectivity index (χ2v) is 5.93. The van der Waals surface area contributed by atoms with E-state index in [0.717, 1.165) is 19.6 Å². The molecule has 0 spiro atoms. The molecule has 6 heteroatoms. The Morgan fingerprint density at radius 3 is 2.22 bits per heavy atom. The number of likely N-dealkylation sites (N-methyl/N-ethyl adjacent to an activating group) is 1. The van der Waals surface area contributed by atoms with Crippen LogP contribution in [0.1, 0.15) is 24.2 Å². The highest BCUT2D eigenvalue weighted by Crippen LogP contribution is 2.26. The molecule has 0 atom stereocenters. The average Bonchev–Trinajstić information content (AvgIpc) is 2.71. The summed E-state index contributed by atoms with van der Waals surface area (Å²) in [4.78, 5) is 15.0. The Bertz CT molecular complexity index is 722. The molecule has 2 aromatic rings. The van der Waals surface area contributed by atoms with Gasteiger partial charge in [0.1, 0.15) is 23.9 Å². The maximum absolute atomic E-state index is 12.7. The number of carbonyl (C=O) groups is 1. The van der Waals surface area contributed by atoms with Crippen LogP contribution >= 0.6 is 0 Å². The minimum Gasteiger partial charge on any atom is -0.497 e. The number of rotatable bonds is 10. The average molecular weight is 372 g/mol. The number of hydrogen-bond donors (Lipinski definition) is 1. The van der Waals surface area contributed by atoms with Crippen molar-refractivity contribution >= 4 is 11.6 Å². The Morgan fingerprint density at radius 2 is 1.63 bits per heavy atom. The van der Waals surface area contributed by atoms with E-state index in [1.165, 1.54) is 0 Å². The van der Waals surface area contributed by atoms with Crippen molar-refractivity contribution in [3.63, 3.8) is 0 Å². The lowest BCUT2D eigenvalue weighted by Gasteiger charge is -2.19. The quantitative estimate of drug-likeness (QED) is 0.689. The van der Waals surface area contributed by atoms with Crippen LogP contribution in [0.2, 0.25) is 0 Å². The lowest BCUT2D eigenvalue weighted by Crippen LogP contribution is -2.28. The highest BCUT2D eigenvalue weighted by molar-refractivity contribution is 6.05. The van der Waals surface area contributed by atoms with E-state index < -0.39 is 0 Å². The summed E-state index contributed by atoms with van der Waals surface area (Å²) in [5.74, 6) is 1.51. The standard InChI is InChI=1S/C21H28N2O4/c1-5-23(6-2)11-12-27-20-10-8-7-9-19(20)22-21(24)16-13-17(25-3)15-18(14-16)26-4/h7-10,13-15H,5-6,11-12H2,1-4H3,(H,22,24). The summed E-state index contributed by atoms with van der Waals surface area (Å²) in [7, 11) is 3.10. The number of benzene rings is 2. The molecule has 0 saturated carbocycles. The van der Waals surface area contributed by atoms with Crippen LogP contribution in [-0.2, 0) is 0 Å². The van der Waals surface area contributed by atoms with Gasteiger partial charge in [0.05, 0.1) is 19.9 Å². The van der Waals surface area contributed by atoms with E-state index in [4.69, 9.17) is 14.2 Å². The first-order valence-electron chi connectivity index (χ1n) is 9.09. The third kappa shape index (κ3) is 5.89. The minimum absolute atomic E-state index is 0.257. The lowest BCUT2D eigenvalue weighted by atomic mass is 10.1. The predicted octanol–water partition coefficient (Wildman–Crippen LogP) is 3.68. The fraction of sp³-hybridized carbons (Fsp3) is 0.381. The van der Waals surface area contributed by atoms with Gasteiger partial charge in [-0.2, -0.15) is 0 Å². The first kappa shape index (κ1) is 20.6. The van der Waals surface area contributed by atoms with Crippen LogP contribution in [0.15, 0.2) is 42.5 Å². The number of carbonyl (C=O) groups excluding carboxylic acids is 1. The smallest absolute Gasteiger partial charge is 0.256 e. The van der Waals surface area contributed by atoms with Crippen molar-refractivity contribution in [1.82, 2.24) is 4.90 Å². The third-order valence-electron chi connectivity index (χ3n) is 4.31. The van der Waals surface area contributed by atoms with E-state index in [2.05, 4.69) is 24.1 Å². The number of anilines is 1. The van der Waals surface area contributed by atoms with Gasteiger partial charge in [0.2, 0.25) is 0 Å². The summed E-state index contributed by atoms with van der Waals surface area (Å²) in [5, 5.41) is 2.91. The third-order valence-corrected chi connectivity index (χ3v) is 4.31. The lowest BCUT2D eigenvalue weighted by molar-refractivity contribution is 0.102. The van der Waals surface area contributed by atoms with E-state index in [9.17, 15) is 4.79 Å². The molecule has 2 aromatic carbocycles. The maximum atomic E-state index is 12.7. The Kier molecular flexibility index (Phi) is 7.95. The van der Waals surface area contributed by atoms with Gasteiger partial charge in [0.15, 0.2) is 0 Å². The molecule has 0 heterocycles. The number of amides is 1. The van der Waals surface area contributed by atoms with E-state index in [-0.39, 0.29) is 5.91 Å². The number of methoxy groups -OCH3 is 2. The van der Waals surface area contributed by atoms with Gasteiger partial charge in [0, 0.05) is 18.2 Å². The summed E-state index contributed by atoms with van der Waals surface area (Å²) in [5.41, 5.74) is 1.08. The van der Waals surface area contributed by atoms with Crippen molar-refractivity contribution < 1.29 is 19.0 Å². The number of para-hydroxylation sites is 2. The normalized spacial score (nSPS) is 10.6. The van der Waals surface area contributed by atoms with Crippen LogP contribution in [0.3, 0.4) is 0 Å². The largest absolute Gasteiger partial charge is 0.497 e. The predicted molar refractivity (Wildman–Crippen MR) is 107 cm³/mol. The topological polar surface area (TPSA) is 60.0 Å². The Labute approximate surface area is 161 Å². The molecule has 1 amide bonds. The second-order valence-electron chi connectivity index (χ2n) is 5.93. The second kappa shape index (κ2) is 10.4. The molecular formula is C21H28N2O4. The monoisotopic (exact) mass is 372 g/mol. The number of nitrogens with one attached hydrogen (secondary N) is 1. The molecule has 0 aromatic heterocycles. The van der Waals surface area contributed by atoms with Gasteiger partial charge >= 0.3 is 0 Å². The van der Waals surface area contributed by atoms with Crippen molar-refractivity contribution in [2.75, 3.05) is 45.8 Å². The van der Waals surface area contributed by atoms with Gasteiger partial charge in [0.25, 0.3) is 5.91 Å². The summed E-state index contributed by atoms with van der Waals surface area (Å²) in [6, 6.07) is 12.5. The number of nitrogens with zero attached hydrogens (tertiary/aromatic N) is 1. The van der Waals surface area contributed by atoms with Crippen LogP contribution in [0, 0.1) is 0 Å².